The monoisotopic (exact) mass is 289 g/mol. The smallest absolute Gasteiger partial charge is 0.329 e. The first-order valence-corrected chi connectivity index (χ1v) is 6.60. The molecule has 1 atom stereocenters. The highest BCUT2D eigenvalue weighted by Crippen LogP contribution is 2.39. The summed E-state index contributed by atoms with van der Waals surface area (Å²) in [5.41, 5.74) is -1.38. The van der Waals surface area contributed by atoms with Crippen molar-refractivity contribution < 1.29 is 14.8 Å². The molecule has 1 heterocycles. The zero-order valence-corrected chi connectivity index (χ0v) is 11.6. The van der Waals surface area contributed by atoms with Crippen molar-refractivity contribution in [3.05, 3.63) is 33.9 Å². The number of nitrogens with zero attached hydrogens (tertiary/aromatic N) is 3. The van der Waals surface area contributed by atoms with E-state index >= 15 is 0 Å². The molecule has 0 saturated carbocycles. The maximum atomic E-state index is 11.6. The quantitative estimate of drug-likeness (QED) is 0.675. The van der Waals surface area contributed by atoms with Crippen molar-refractivity contribution in [2.75, 3.05) is 11.4 Å². The summed E-state index contributed by atoms with van der Waals surface area (Å²) in [7, 11) is 0. The topological polar surface area (TPSA) is 107 Å². The first-order valence-electron chi connectivity index (χ1n) is 6.60. The number of nitriles is 1. The fourth-order valence-electron chi connectivity index (χ4n) is 2.76. The Morgan fingerprint density at radius 3 is 2.81 bits per heavy atom. The summed E-state index contributed by atoms with van der Waals surface area (Å²) in [6, 6.07) is 6.21. The van der Waals surface area contributed by atoms with E-state index in [1.807, 2.05) is 0 Å². The highest BCUT2D eigenvalue weighted by molar-refractivity contribution is 5.85. The molecule has 1 aromatic rings. The molecule has 0 bridgehead atoms. The lowest BCUT2D eigenvalue weighted by Crippen LogP contribution is -2.55. The van der Waals surface area contributed by atoms with Crippen molar-refractivity contribution in [1.29, 1.82) is 5.26 Å². The minimum Gasteiger partial charge on any atom is -0.480 e. The summed E-state index contributed by atoms with van der Waals surface area (Å²) in [6.45, 7) is 1.98. The van der Waals surface area contributed by atoms with Gasteiger partial charge < -0.3 is 10.0 Å². The Morgan fingerprint density at radius 1 is 1.52 bits per heavy atom. The summed E-state index contributed by atoms with van der Waals surface area (Å²) >= 11 is 0. The largest absolute Gasteiger partial charge is 0.480 e. The first-order chi connectivity index (χ1) is 9.91. The Kier molecular flexibility index (Phi) is 3.80. The molecule has 7 heteroatoms. The molecule has 1 aliphatic rings. The van der Waals surface area contributed by atoms with Gasteiger partial charge in [0.15, 0.2) is 0 Å². The average molecular weight is 289 g/mol. The predicted octanol–water partition coefficient (Wildman–Crippen LogP) is 2.30. The van der Waals surface area contributed by atoms with Gasteiger partial charge in [-0.2, -0.15) is 5.26 Å². The molecule has 1 N–H and O–H groups in total. The van der Waals surface area contributed by atoms with E-state index in [1.165, 1.54) is 23.1 Å². The second-order valence-corrected chi connectivity index (χ2v) is 5.23. The van der Waals surface area contributed by atoms with Crippen molar-refractivity contribution in [2.45, 2.75) is 31.7 Å². The number of nitro groups is 1. The van der Waals surface area contributed by atoms with E-state index in [0.717, 1.165) is 12.8 Å². The van der Waals surface area contributed by atoms with Crippen LogP contribution in [0.3, 0.4) is 0 Å². The molecule has 2 rings (SSSR count). The fourth-order valence-corrected chi connectivity index (χ4v) is 2.76. The molecule has 1 unspecified atom stereocenters. The normalized spacial score (nSPS) is 21.6. The third-order valence-corrected chi connectivity index (χ3v) is 3.96. The van der Waals surface area contributed by atoms with Gasteiger partial charge in [0.2, 0.25) is 0 Å². The van der Waals surface area contributed by atoms with Gasteiger partial charge in [0, 0.05) is 6.54 Å². The SMILES string of the molecule is CC1(C(=O)O)CCCCN1c1cccc(C#N)c1[N+](=O)[O-]. The summed E-state index contributed by atoms with van der Waals surface area (Å²) < 4.78 is 0. The van der Waals surface area contributed by atoms with Gasteiger partial charge >= 0.3 is 11.7 Å². The van der Waals surface area contributed by atoms with Crippen molar-refractivity contribution in [1.82, 2.24) is 0 Å². The number of rotatable bonds is 3. The van der Waals surface area contributed by atoms with Gasteiger partial charge in [-0.3, -0.25) is 10.1 Å². The van der Waals surface area contributed by atoms with Crippen LogP contribution < -0.4 is 4.90 Å². The Morgan fingerprint density at radius 2 is 2.24 bits per heavy atom. The van der Waals surface area contributed by atoms with E-state index in [1.54, 1.807) is 13.0 Å². The number of piperidine rings is 1. The maximum absolute atomic E-state index is 11.6. The molecule has 0 aliphatic carbocycles. The fraction of sp³-hybridized carbons (Fsp3) is 0.429. The minimum absolute atomic E-state index is 0.0594. The Labute approximate surface area is 121 Å². The number of para-hydroxylation sites is 1. The second kappa shape index (κ2) is 5.40. The molecule has 7 nitrogen and oxygen atoms in total. The van der Waals surface area contributed by atoms with E-state index < -0.39 is 16.4 Å². The highest BCUT2D eigenvalue weighted by atomic mass is 16.6. The zero-order valence-electron chi connectivity index (χ0n) is 11.6. The van der Waals surface area contributed by atoms with Gasteiger partial charge in [-0.25, -0.2) is 4.79 Å². The molecule has 21 heavy (non-hydrogen) atoms. The van der Waals surface area contributed by atoms with Crippen LogP contribution in [-0.4, -0.2) is 28.1 Å². The highest BCUT2D eigenvalue weighted by Gasteiger charge is 2.44. The van der Waals surface area contributed by atoms with Crippen LogP contribution in [0.15, 0.2) is 18.2 Å². The number of anilines is 1. The number of carboxylic acids is 1. The lowest BCUT2D eigenvalue weighted by molar-refractivity contribution is -0.384. The molecule has 110 valence electrons. The number of benzene rings is 1. The van der Waals surface area contributed by atoms with Crippen LogP contribution >= 0.6 is 0 Å². The van der Waals surface area contributed by atoms with Crippen LogP contribution in [-0.2, 0) is 4.79 Å². The van der Waals surface area contributed by atoms with E-state index in [0.29, 0.717) is 13.0 Å². The van der Waals surface area contributed by atoms with E-state index in [9.17, 15) is 20.0 Å². The molecule has 1 fully saturated rings. The van der Waals surface area contributed by atoms with Crippen molar-refractivity contribution in [3.63, 3.8) is 0 Å². The Bertz CT molecular complexity index is 638. The van der Waals surface area contributed by atoms with Crippen LogP contribution in [0.25, 0.3) is 0 Å². The van der Waals surface area contributed by atoms with Crippen molar-refractivity contribution >= 4 is 17.3 Å². The number of nitro benzene ring substituents is 1. The number of aliphatic carboxylic acids is 1. The standard InChI is InChI=1S/C14H15N3O4/c1-14(13(18)19)7-2-3-8-16(14)11-6-4-5-10(9-15)12(11)17(20)21/h4-6H,2-3,7-8H2,1H3,(H,18,19). The van der Waals surface area contributed by atoms with Gasteiger partial charge in [-0.05, 0) is 38.3 Å². The predicted molar refractivity (Wildman–Crippen MR) is 75.0 cm³/mol. The third-order valence-electron chi connectivity index (χ3n) is 3.96. The summed E-state index contributed by atoms with van der Waals surface area (Å²) in [6.07, 6.45) is 1.93. The van der Waals surface area contributed by atoms with Crippen LogP contribution in [0, 0.1) is 21.4 Å². The Balaban J connectivity index is 2.62. The molecule has 0 spiro atoms. The number of carboxylic acid groups (broad SMARTS) is 1. The molecule has 1 aromatic carbocycles. The molecule has 1 saturated heterocycles. The van der Waals surface area contributed by atoms with E-state index in [2.05, 4.69) is 0 Å². The van der Waals surface area contributed by atoms with Crippen LogP contribution in [0.1, 0.15) is 31.7 Å². The zero-order chi connectivity index (χ0) is 15.6. The van der Waals surface area contributed by atoms with E-state index in [4.69, 9.17) is 5.26 Å². The summed E-state index contributed by atoms with van der Waals surface area (Å²) in [4.78, 5) is 23.8. The minimum atomic E-state index is -1.20. The van der Waals surface area contributed by atoms with Gasteiger partial charge in [0.05, 0.1) is 4.92 Å². The van der Waals surface area contributed by atoms with Crippen molar-refractivity contribution in [3.8, 4) is 6.07 Å². The summed E-state index contributed by atoms with van der Waals surface area (Å²) in [5, 5.41) is 29.9. The molecule has 1 aliphatic heterocycles. The molecule has 0 radical (unpaired) electrons. The molecule has 0 aromatic heterocycles. The maximum Gasteiger partial charge on any atom is 0.329 e. The molecule has 0 amide bonds. The van der Waals surface area contributed by atoms with Crippen LogP contribution in [0.2, 0.25) is 0 Å². The van der Waals surface area contributed by atoms with Gasteiger partial charge in [-0.1, -0.05) is 6.07 Å². The summed E-state index contributed by atoms with van der Waals surface area (Å²) in [5.74, 6) is -1.01. The van der Waals surface area contributed by atoms with Gasteiger partial charge in [0.25, 0.3) is 0 Å². The first kappa shape index (κ1) is 14.8. The number of hydrogen-bond acceptors (Lipinski definition) is 5. The number of carbonyl (C=O) groups is 1. The third kappa shape index (κ3) is 2.40. The van der Waals surface area contributed by atoms with Crippen LogP contribution in [0.5, 0.6) is 0 Å². The molecular weight excluding hydrogens is 274 g/mol. The van der Waals surface area contributed by atoms with Crippen LogP contribution in [0.4, 0.5) is 11.4 Å². The molecular formula is C14H15N3O4. The lowest BCUT2D eigenvalue weighted by atomic mass is 9.87. The number of hydrogen-bond donors (Lipinski definition) is 1. The van der Waals surface area contributed by atoms with E-state index in [-0.39, 0.29) is 16.9 Å². The van der Waals surface area contributed by atoms with Gasteiger partial charge in [0.1, 0.15) is 22.9 Å². The van der Waals surface area contributed by atoms with Crippen molar-refractivity contribution in [2.24, 2.45) is 0 Å². The average Bonchev–Trinajstić information content (AvgIpc) is 2.46. The van der Waals surface area contributed by atoms with Gasteiger partial charge in [-0.15, -0.1) is 0 Å². The lowest BCUT2D eigenvalue weighted by Gasteiger charge is -2.42. The Hall–Kier alpha value is -2.62. The second-order valence-electron chi connectivity index (χ2n) is 5.23.